The Morgan fingerprint density at radius 3 is 2.67 bits per heavy atom. The predicted octanol–water partition coefficient (Wildman–Crippen LogP) is 6.50. The van der Waals surface area contributed by atoms with Crippen molar-refractivity contribution in [2.24, 2.45) is 40.4 Å². The van der Waals surface area contributed by atoms with Gasteiger partial charge in [0.15, 0.2) is 5.78 Å². The number of rotatable bonds is 5. The highest BCUT2D eigenvalue weighted by atomic mass is 16.5. The van der Waals surface area contributed by atoms with Crippen LogP contribution in [0.5, 0.6) is 0 Å². The van der Waals surface area contributed by atoms with Gasteiger partial charge in [0, 0.05) is 18.8 Å². The molecule has 8 atom stereocenters. The molecule has 0 aliphatic heterocycles. The van der Waals surface area contributed by atoms with E-state index in [4.69, 9.17) is 4.74 Å². The van der Waals surface area contributed by atoms with Crippen LogP contribution in [0.15, 0.2) is 11.6 Å². The highest BCUT2D eigenvalue weighted by Gasteiger charge is 2.62. The van der Waals surface area contributed by atoms with Gasteiger partial charge in [0.25, 0.3) is 0 Å². The molecule has 0 aromatic heterocycles. The maximum atomic E-state index is 12.3. The third-order valence-corrected chi connectivity index (χ3v) is 10.0. The Labute approximate surface area is 183 Å². The smallest absolute Gasteiger partial charge is 0.302 e. The molecule has 0 N–H and O–H groups in total. The summed E-state index contributed by atoms with van der Waals surface area (Å²) in [5.74, 6) is 3.59. The summed E-state index contributed by atoms with van der Waals surface area (Å²) < 4.78 is 5.87. The summed E-state index contributed by atoms with van der Waals surface area (Å²) in [6.07, 6.45) is 13.4. The number of esters is 1. The van der Waals surface area contributed by atoms with Gasteiger partial charge in [0.2, 0.25) is 0 Å². The molecule has 0 aromatic rings. The fourth-order valence-electron chi connectivity index (χ4n) is 8.28. The SMILES string of the molecule is CCCCC(C)[C@@H]1CC2=CC(=O)CC[C@]2(C)C2CC[C@@]3(C)C(CC[C@@H]3OC(C)=O)C21. The van der Waals surface area contributed by atoms with Crippen LogP contribution in [0.2, 0.25) is 0 Å². The van der Waals surface area contributed by atoms with Gasteiger partial charge in [0.1, 0.15) is 6.10 Å². The summed E-state index contributed by atoms with van der Waals surface area (Å²) in [6.45, 7) is 11.2. The second-order valence-corrected chi connectivity index (χ2v) is 11.6. The van der Waals surface area contributed by atoms with E-state index in [2.05, 4.69) is 27.7 Å². The van der Waals surface area contributed by atoms with E-state index in [-0.39, 0.29) is 22.9 Å². The second-order valence-electron chi connectivity index (χ2n) is 11.6. The Hall–Kier alpha value is -1.12. The lowest BCUT2D eigenvalue weighted by Crippen LogP contribution is -2.55. The van der Waals surface area contributed by atoms with Crippen LogP contribution >= 0.6 is 0 Å². The van der Waals surface area contributed by atoms with Gasteiger partial charge in [-0.3, -0.25) is 9.59 Å². The van der Waals surface area contributed by atoms with E-state index >= 15 is 0 Å². The molecular formula is C27H42O3. The monoisotopic (exact) mass is 414 g/mol. The van der Waals surface area contributed by atoms with E-state index in [0.29, 0.717) is 35.4 Å². The normalized spacial score (nSPS) is 43.8. The molecule has 4 aliphatic carbocycles. The van der Waals surface area contributed by atoms with Gasteiger partial charge in [-0.1, -0.05) is 52.5 Å². The maximum Gasteiger partial charge on any atom is 0.302 e. The van der Waals surface area contributed by atoms with Crippen LogP contribution in [-0.2, 0) is 14.3 Å². The van der Waals surface area contributed by atoms with Crippen molar-refractivity contribution in [1.29, 1.82) is 0 Å². The Bertz CT molecular complexity index is 724. The standard InChI is InChI=1S/C27H42O3/c1-6-7-8-17(2)21-16-19-15-20(29)11-13-26(19,4)23-12-14-27(5)22(25(21)23)9-10-24(27)30-18(3)28/h15,17,21-25H,6-14,16H2,1-5H3/t17?,21-,22?,23?,24-,25?,26-,27-/m0/s1. The Morgan fingerprint density at radius 2 is 1.97 bits per heavy atom. The third kappa shape index (κ3) is 3.48. The van der Waals surface area contributed by atoms with Crippen molar-refractivity contribution in [1.82, 2.24) is 0 Å². The lowest BCUT2D eigenvalue weighted by atomic mass is 9.43. The fraction of sp³-hybridized carbons (Fsp3) is 0.852. The summed E-state index contributed by atoms with van der Waals surface area (Å²) in [5.41, 5.74) is 1.78. The van der Waals surface area contributed by atoms with Crippen molar-refractivity contribution in [2.45, 2.75) is 105 Å². The first-order chi connectivity index (χ1) is 14.2. The van der Waals surface area contributed by atoms with Gasteiger partial charge in [-0.2, -0.15) is 0 Å². The van der Waals surface area contributed by atoms with E-state index in [9.17, 15) is 9.59 Å². The van der Waals surface area contributed by atoms with E-state index in [1.807, 2.05) is 6.08 Å². The summed E-state index contributed by atoms with van der Waals surface area (Å²) in [7, 11) is 0. The van der Waals surface area contributed by atoms with E-state index in [0.717, 1.165) is 32.1 Å². The fourth-order valence-corrected chi connectivity index (χ4v) is 8.28. The molecule has 0 amide bonds. The average Bonchev–Trinajstić information content (AvgIpc) is 3.02. The average molecular weight is 415 g/mol. The molecule has 0 bridgehead atoms. The first-order valence-corrected chi connectivity index (χ1v) is 12.6. The zero-order valence-corrected chi connectivity index (χ0v) is 19.8. The third-order valence-electron chi connectivity index (χ3n) is 10.0. The zero-order valence-electron chi connectivity index (χ0n) is 19.8. The minimum atomic E-state index is -0.122. The van der Waals surface area contributed by atoms with Crippen LogP contribution in [0.1, 0.15) is 98.8 Å². The number of allylic oxidation sites excluding steroid dienone is 1. The Balaban J connectivity index is 1.70. The summed E-state index contributed by atoms with van der Waals surface area (Å²) in [6, 6.07) is 0. The van der Waals surface area contributed by atoms with Crippen LogP contribution in [0, 0.1) is 40.4 Å². The molecular weight excluding hydrogens is 372 g/mol. The summed E-state index contributed by atoms with van der Waals surface area (Å²) in [4.78, 5) is 24.1. The van der Waals surface area contributed by atoms with Gasteiger partial charge in [-0.15, -0.1) is 0 Å². The highest BCUT2D eigenvalue weighted by molar-refractivity contribution is 5.91. The van der Waals surface area contributed by atoms with Crippen LogP contribution < -0.4 is 0 Å². The summed E-state index contributed by atoms with van der Waals surface area (Å²) in [5, 5.41) is 0. The zero-order chi connectivity index (χ0) is 21.7. The molecule has 0 saturated heterocycles. The predicted molar refractivity (Wildman–Crippen MR) is 120 cm³/mol. The molecule has 3 heteroatoms. The number of hydrogen-bond donors (Lipinski definition) is 0. The lowest BCUT2D eigenvalue weighted by molar-refractivity contribution is -0.159. The minimum absolute atomic E-state index is 0.0882. The molecule has 0 aromatic carbocycles. The molecule has 30 heavy (non-hydrogen) atoms. The van der Waals surface area contributed by atoms with Gasteiger partial charge in [-0.05, 0) is 79.6 Å². The van der Waals surface area contributed by atoms with Gasteiger partial charge in [-0.25, -0.2) is 0 Å². The lowest BCUT2D eigenvalue weighted by Gasteiger charge is -2.61. The molecule has 4 aliphatic rings. The first-order valence-electron chi connectivity index (χ1n) is 12.6. The van der Waals surface area contributed by atoms with Crippen LogP contribution in [0.3, 0.4) is 0 Å². The van der Waals surface area contributed by atoms with Crippen molar-refractivity contribution in [3.8, 4) is 0 Å². The van der Waals surface area contributed by atoms with Crippen molar-refractivity contribution < 1.29 is 14.3 Å². The quantitative estimate of drug-likeness (QED) is 0.482. The number of unbranched alkanes of at least 4 members (excludes halogenated alkanes) is 1. The number of ketones is 1. The van der Waals surface area contributed by atoms with Crippen LogP contribution in [0.4, 0.5) is 0 Å². The largest absolute Gasteiger partial charge is 0.462 e. The maximum absolute atomic E-state index is 12.3. The minimum Gasteiger partial charge on any atom is -0.462 e. The number of fused-ring (bicyclic) bond motifs is 5. The molecule has 4 unspecified atom stereocenters. The second kappa shape index (κ2) is 8.10. The topological polar surface area (TPSA) is 43.4 Å². The number of carbonyl (C=O) groups excluding carboxylic acids is 2. The molecule has 0 heterocycles. The van der Waals surface area contributed by atoms with E-state index in [1.165, 1.54) is 37.7 Å². The van der Waals surface area contributed by atoms with Crippen LogP contribution in [-0.4, -0.2) is 17.9 Å². The number of carbonyl (C=O) groups is 2. The van der Waals surface area contributed by atoms with Crippen molar-refractivity contribution >= 4 is 11.8 Å². The van der Waals surface area contributed by atoms with Gasteiger partial charge in [0.05, 0.1) is 0 Å². The molecule has 4 rings (SSSR count). The van der Waals surface area contributed by atoms with Crippen LogP contribution in [0.25, 0.3) is 0 Å². The molecule has 0 spiro atoms. The molecule has 3 fully saturated rings. The highest BCUT2D eigenvalue weighted by Crippen LogP contribution is 2.68. The molecule has 0 radical (unpaired) electrons. The van der Waals surface area contributed by atoms with Gasteiger partial charge < -0.3 is 4.74 Å². The number of hydrogen-bond acceptors (Lipinski definition) is 3. The van der Waals surface area contributed by atoms with Crippen molar-refractivity contribution in [3.05, 3.63) is 11.6 Å². The Morgan fingerprint density at radius 1 is 1.20 bits per heavy atom. The molecule has 3 nitrogen and oxygen atoms in total. The Kier molecular flexibility index (Phi) is 5.96. The van der Waals surface area contributed by atoms with Gasteiger partial charge >= 0.3 is 5.97 Å². The molecule has 168 valence electrons. The molecule has 3 saturated carbocycles. The number of ether oxygens (including phenoxy) is 1. The van der Waals surface area contributed by atoms with E-state index < -0.39 is 0 Å². The summed E-state index contributed by atoms with van der Waals surface area (Å²) >= 11 is 0. The van der Waals surface area contributed by atoms with Crippen molar-refractivity contribution in [2.75, 3.05) is 0 Å². The van der Waals surface area contributed by atoms with E-state index in [1.54, 1.807) is 6.92 Å². The van der Waals surface area contributed by atoms with Crippen molar-refractivity contribution in [3.63, 3.8) is 0 Å². The first kappa shape index (κ1) is 22.1.